The summed E-state index contributed by atoms with van der Waals surface area (Å²) >= 11 is 0. The molecule has 1 saturated carbocycles. The fraction of sp³-hybridized carbons (Fsp3) is 0.480. The van der Waals surface area contributed by atoms with Crippen molar-refractivity contribution in [3.05, 3.63) is 59.7 Å². The molecule has 1 aliphatic heterocycles. The zero-order valence-electron chi connectivity index (χ0n) is 19.6. The van der Waals surface area contributed by atoms with Crippen LogP contribution in [-0.4, -0.2) is 48.9 Å². The summed E-state index contributed by atoms with van der Waals surface area (Å²) < 4.78 is 62.8. The Morgan fingerprint density at radius 3 is 2.47 bits per heavy atom. The Bertz CT molecular complexity index is 1180. The molecule has 1 N–H and O–H groups in total. The van der Waals surface area contributed by atoms with E-state index in [1.165, 1.54) is 23.1 Å². The second-order valence-electron chi connectivity index (χ2n) is 9.99. The monoisotopic (exact) mass is 492 g/mol. The number of carbonyl (C=O) groups excluding carboxylic acids is 1. The van der Waals surface area contributed by atoms with E-state index in [9.17, 15) is 17.6 Å². The summed E-state index contributed by atoms with van der Waals surface area (Å²) in [5, 5.41) is -0.406. The zero-order chi connectivity index (χ0) is 24.7. The highest BCUT2D eigenvalue weighted by Gasteiger charge is 2.44. The number of likely N-dealkylation sites (tertiary alicyclic amines) is 1. The fourth-order valence-corrected chi connectivity index (χ4v) is 5.96. The van der Waals surface area contributed by atoms with Gasteiger partial charge in [-0.2, -0.15) is 0 Å². The standard InChI is InChI=1S/C25H30F2N2O4S/c1-25(2,3)33-24(30)29-13-12-21(28-34(31,32)19-10-11-19)22(29)15-17-7-5-9-20(23(17)27)16-6-4-8-18(26)14-16/h4-9,14,19,21-22,28H,10-13,15H2,1-3H3/t21-,22-/m0/s1. The number of benzene rings is 2. The Balaban J connectivity index is 1.64. The van der Waals surface area contributed by atoms with Crippen molar-refractivity contribution in [1.82, 2.24) is 9.62 Å². The summed E-state index contributed by atoms with van der Waals surface area (Å²) in [4.78, 5) is 14.4. The van der Waals surface area contributed by atoms with Crippen molar-refractivity contribution in [2.45, 2.75) is 69.4 Å². The first-order valence-corrected chi connectivity index (χ1v) is 13.0. The number of nitrogens with one attached hydrogen (secondary N) is 1. The van der Waals surface area contributed by atoms with Crippen LogP contribution in [0.4, 0.5) is 13.6 Å². The van der Waals surface area contributed by atoms with Crippen molar-refractivity contribution < 1.29 is 26.7 Å². The van der Waals surface area contributed by atoms with Gasteiger partial charge in [-0.3, -0.25) is 0 Å². The van der Waals surface area contributed by atoms with E-state index in [4.69, 9.17) is 4.74 Å². The van der Waals surface area contributed by atoms with Crippen molar-refractivity contribution in [3.63, 3.8) is 0 Å². The molecule has 2 aliphatic rings. The molecule has 2 atom stereocenters. The molecule has 184 valence electrons. The number of rotatable bonds is 6. The number of amides is 1. The lowest BCUT2D eigenvalue weighted by Gasteiger charge is -2.31. The molecule has 34 heavy (non-hydrogen) atoms. The van der Waals surface area contributed by atoms with E-state index in [2.05, 4.69) is 4.72 Å². The van der Waals surface area contributed by atoms with Gasteiger partial charge in [-0.1, -0.05) is 30.3 Å². The van der Waals surface area contributed by atoms with Crippen molar-refractivity contribution in [2.24, 2.45) is 0 Å². The maximum Gasteiger partial charge on any atom is 0.410 e. The summed E-state index contributed by atoms with van der Waals surface area (Å²) in [6.45, 7) is 5.56. The minimum absolute atomic E-state index is 0.0894. The first-order chi connectivity index (χ1) is 15.9. The van der Waals surface area contributed by atoms with Gasteiger partial charge in [-0.15, -0.1) is 0 Å². The molecule has 2 fully saturated rings. The first-order valence-electron chi connectivity index (χ1n) is 11.5. The number of carbonyl (C=O) groups is 1. The lowest BCUT2D eigenvalue weighted by Crippen LogP contribution is -2.49. The van der Waals surface area contributed by atoms with Crippen LogP contribution in [-0.2, 0) is 21.2 Å². The topological polar surface area (TPSA) is 75.7 Å². The van der Waals surface area contributed by atoms with E-state index in [-0.39, 0.29) is 12.0 Å². The Morgan fingerprint density at radius 1 is 1.12 bits per heavy atom. The lowest BCUT2D eigenvalue weighted by molar-refractivity contribution is 0.0218. The Labute approximate surface area is 199 Å². The van der Waals surface area contributed by atoms with Crippen LogP contribution in [0, 0.1) is 11.6 Å². The van der Waals surface area contributed by atoms with Crippen LogP contribution in [0.15, 0.2) is 42.5 Å². The largest absolute Gasteiger partial charge is 0.444 e. The number of ether oxygens (including phenoxy) is 1. The number of hydrogen-bond acceptors (Lipinski definition) is 4. The minimum atomic E-state index is -3.51. The van der Waals surface area contributed by atoms with Crippen LogP contribution >= 0.6 is 0 Å². The molecule has 0 spiro atoms. The molecule has 1 saturated heterocycles. The fourth-order valence-electron chi connectivity index (χ4n) is 4.32. The van der Waals surface area contributed by atoms with Crippen LogP contribution in [0.5, 0.6) is 0 Å². The second kappa shape index (κ2) is 9.26. The first kappa shape index (κ1) is 24.6. The highest BCUT2D eigenvalue weighted by molar-refractivity contribution is 7.90. The van der Waals surface area contributed by atoms with Crippen molar-refractivity contribution in [1.29, 1.82) is 0 Å². The maximum absolute atomic E-state index is 15.6. The molecule has 6 nitrogen and oxygen atoms in total. The molecule has 0 unspecified atom stereocenters. The predicted molar refractivity (Wildman–Crippen MR) is 126 cm³/mol. The molecule has 0 bridgehead atoms. The Morgan fingerprint density at radius 2 is 1.82 bits per heavy atom. The van der Waals surface area contributed by atoms with Crippen LogP contribution in [0.1, 0.15) is 45.6 Å². The van der Waals surface area contributed by atoms with Crippen molar-refractivity contribution >= 4 is 16.1 Å². The number of nitrogens with zero attached hydrogens (tertiary/aromatic N) is 1. The van der Waals surface area contributed by atoms with Crippen molar-refractivity contribution in [2.75, 3.05) is 6.54 Å². The van der Waals surface area contributed by atoms with Crippen molar-refractivity contribution in [3.8, 4) is 11.1 Å². The third-order valence-corrected chi connectivity index (χ3v) is 8.08. The van der Waals surface area contributed by atoms with Gasteiger partial charge < -0.3 is 9.64 Å². The summed E-state index contributed by atoms with van der Waals surface area (Å²) in [6, 6.07) is 9.36. The van der Waals surface area contributed by atoms with Gasteiger partial charge in [0.25, 0.3) is 0 Å². The summed E-state index contributed by atoms with van der Waals surface area (Å²) in [7, 11) is -3.51. The average Bonchev–Trinajstić information content (AvgIpc) is 3.53. The number of halogens is 2. The molecule has 1 heterocycles. The molecule has 2 aromatic rings. The highest BCUT2D eigenvalue weighted by Crippen LogP contribution is 2.32. The molecule has 1 aliphatic carbocycles. The van der Waals surface area contributed by atoms with Gasteiger partial charge in [0, 0.05) is 18.2 Å². The van der Waals surface area contributed by atoms with Gasteiger partial charge in [-0.25, -0.2) is 26.7 Å². The molecule has 0 aromatic heterocycles. The second-order valence-corrected chi connectivity index (χ2v) is 12.0. The van der Waals surface area contributed by atoms with Crippen LogP contribution in [0.2, 0.25) is 0 Å². The average molecular weight is 493 g/mol. The smallest absolute Gasteiger partial charge is 0.410 e. The zero-order valence-corrected chi connectivity index (χ0v) is 20.4. The summed E-state index contributed by atoms with van der Waals surface area (Å²) in [5.41, 5.74) is 0.239. The van der Waals surface area contributed by atoms with E-state index < -0.39 is 50.7 Å². The molecular formula is C25H30F2N2O4S. The molecule has 1 amide bonds. The van der Waals surface area contributed by atoms with E-state index in [1.807, 2.05) is 0 Å². The van der Waals surface area contributed by atoms with E-state index in [0.717, 1.165) is 0 Å². The SMILES string of the molecule is CC(C)(C)OC(=O)N1CC[C@H](NS(=O)(=O)C2CC2)[C@@H]1Cc1cccc(-c2cccc(F)c2)c1F. The molecule has 9 heteroatoms. The van der Waals surface area contributed by atoms with Crippen LogP contribution in [0.25, 0.3) is 11.1 Å². The Hall–Kier alpha value is -2.52. The lowest BCUT2D eigenvalue weighted by atomic mass is 9.96. The van der Waals surface area contributed by atoms with E-state index in [1.54, 1.807) is 45.0 Å². The quantitative estimate of drug-likeness (QED) is 0.638. The van der Waals surface area contributed by atoms with E-state index in [0.29, 0.717) is 36.9 Å². The van der Waals surface area contributed by atoms with Crippen LogP contribution < -0.4 is 4.72 Å². The summed E-state index contributed by atoms with van der Waals surface area (Å²) in [6.07, 6.45) is 1.17. The van der Waals surface area contributed by atoms with Gasteiger partial charge in [0.1, 0.15) is 17.2 Å². The third-order valence-electron chi connectivity index (χ3n) is 6.10. The maximum atomic E-state index is 15.6. The molecule has 2 aromatic carbocycles. The van der Waals surface area contributed by atoms with Crippen LogP contribution in [0.3, 0.4) is 0 Å². The predicted octanol–water partition coefficient (Wildman–Crippen LogP) is 4.63. The van der Waals surface area contributed by atoms with Gasteiger partial charge in [-0.05, 0) is 69.7 Å². The van der Waals surface area contributed by atoms with Gasteiger partial charge in [0.05, 0.1) is 11.3 Å². The van der Waals surface area contributed by atoms with Gasteiger partial charge in [0.15, 0.2) is 0 Å². The summed E-state index contributed by atoms with van der Waals surface area (Å²) in [5.74, 6) is -0.989. The Kier molecular flexibility index (Phi) is 6.70. The number of sulfonamides is 1. The van der Waals surface area contributed by atoms with Gasteiger partial charge >= 0.3 is 6.09 Å². The normalized spacial score (nSPS) is 21.0. The van der Waals surface area contributed by atoms with Gasteiger partial charge in [0.2, 0.25) is 10.0 Å². The highest BCUT2D eigenvalue weighted by atomic mass is 32.2. The molecular weight excluding hydrogens is 462 g/mol. The number of hydrogen-bond donors (Lipinski definition) is 1. The minimum Gasteiger partial charge on any atom is -0.444 e. The van der Waals surface area contributed by atoms with E-state index >= 15 is 4.39 Å². The third kappa shape index (κ3) is 5.58. The molecule has 4 rings (SSSR count). The molecule has 0 radical (unpaired) electrons.